The Kier molecular flexibility index (Phi) is 4.89. The zero-order chi connectivity index (χ0) is 17.2. The minimum atomic E-state index is -0.808. The van der Waals surface area contributed by atoms with E-state index in [2.05, 4.69) is 0 Å². The SMILES string of the molecule is CC(C)Oc1ccc([N+](=O)[O-])cc1CN1CCC(C)(C(=O)O)C1. The molecule has 0 amide bonds. The van der Waals surface area contributed by atoms with Gasteiger partial charge >= 0.3 is 5.97 Å². The van der Waals surface area contributed by atoms with Crippen LogP contribution in [0.2, 0.25) is 0 Å². The number of carbonyl (C=O) groups is 1. The summed E-state index contributed by atoms with van der Waals surface area (Å²) in [7, 11) is 0. The Balaban J connectivity index is 2.22. The van der Waals surface area contributed by atoms with Crippen molar-refractivity contribution in [2.75, 3.05) is 13.1 Å². The fraction of sp³-hybridized carbons (Fsp3) is 0.562. The van der Waals surface area contributed by atoms with Crippen molar-refractivity contribution in [2.24, 2.45) is 5.41 Å². The number of carboxylic acids is 1. The van der Waals surface area contributed by atoms with Crippen LogP contribution in [0.25, 0.3) is 0 Å². The number of hydrogen-bond donors (Lipinski definition) is 1. The molecule has 7 heteroatoms. The highest BCUT2D eigenvalue weighted by Crippen LogP contribution is 2.33. The molecule has 1 fully saturated rings. The lowest BCUT2D eigenvalue weighted by molar-refractivity contribution is -0.385. The molecule has 0 saturated carbocycles. The molecule has 23 heavy (non-hydrogen) atoms. The number of non-ortho nitro benzene ring substituents is 1. The smallest absolute Gasteiger partial charge is 0.310 e. The van der Waals surface area contributed by atoms with E-state index in [1.54, 1.807) is 13.0 Å². The number of hydrogen-bond acceptors (Lipinski definition) is 5. The van der Waals surface area contributed by atoms with Gasteiger partial charge in [0.25, 0.3) is 5.69 Å². The van der Waals surface area contributed by atoms with Gasteiger partial charge in [-0.2, -0.15) is 0 Å². The number of aliphatic carboxylic acids is 1. The second-order valence-electron chi connectivity index (χ2n) is 6.54. The predicted molar refractivity (Wildman–Crippen MR) is 84.5 cm³/mol. The summed E-state index contributed by atoms with van der Waals surface area (Å²) in [4.78, 5) is 23.9. The van der Waals surface area contributed by atoms with Crippen LogP contribution >= 0.6 is 0 Å². The van der Waals surface area contributed by atoms with Gasteiger partial charge in [-0.15, -0.1) is 0 Å². The third kappa shape index (κ3) is 3.98. The molecule has 0 aliphatic carbocycles. The fourth-order valence-corrected chi connectivity index (χ4v) is 2.78. The van der Waals surface area contributed by atoms with E-state index < -0.39 is 16.3 Å². The maximum atomic E-state index is 11.3. The fourth-order valence-electron chi connectivity index (χ4n) is 2.78. The van der Waals surface area contributed by atoms with Gasteiger partial charge in [0.1, 0.15) is 5.75 Å². The Morgan fingerprint density at radius 1 is 1.52 bits per heavy atom. The Bertz CT molecular complexity index is 616. The summed E-state index contributed by atoms with van der Waals surface area (Å²) in [6, 6.07) is 4.54. The van der Waals surface area contributed by atoms with Gasteiger partial charge in [0.15, 0.2) is 0 Å². The van der Waals surface area contributed by atoms with Gasteiger partial charge in [-0.25, -0.2) is 0 Å². The molecule has 0 radical (unpaired) electrons. The van der Waals surface area contributed by atoms with Gasteiger partial charge in [-0.1, -0.05) is 0 Å². The largest absolute Gasteiger partial charge is 0.491 e. The Hall–Kier alpha value is -2.15. The van der Waals surface area contributed by atoms with Gasteiger partial charge in [0, 0.05) is 30.8 Å². The van der Waals surface area contributed by atoms with E-state index in [1.165, 1.54) is 12.1 Å². The highest BCUT2D eigenvalue weighted by Gasteiger charge is 2.40. The van der Waals surface area contributed by atoms with Crippen molar-refractivity contribution in [2.45, 2.75) is 39.8 Å². The van der Waals surface area contributed by atoms with Crippen molar-refractivity contribution in [3.05, 3.63) is 33.9 Å². The Morgan fingerprint density at radius 3 is 2.74 bits per heavy atom. The molecule has 1 heterocycles. The standard InChI is InChI=1S/C16H22N2O5/c1-11(2)23-14-5-4-13(18(21)22)8-12(14)9-17-7-6-16(3,10-17)15(19)20/h4-5,8,11H,6-7,9-10H2,1-3H3,(H,19,20). The number of ether oxygens (including phenoxy) is 1. The number of benzene rings is 1. The van der Waals surface area contributed by atoms with E-state index in [-0.39, 0.29) is 11.8 Å². The van der Waals surface area contributed by atoms with Crippen LogP contribution in [0.4, 0.5) is 5.69 Å². The van der Waals surface area contributed by atoms with Crippen LogP contribution in [0.1, 0.15) is 32.8 Å². The van der Waals surface area contributed by atoms with E-state index in [1.807, 2.05) is 18.7 Å². The molecule has 1 saturated heterocycles. The maximum absolute atomic E-state index is 11.3. The lowest BCUT2D eigenvalue weighted by Gasteiger charge is -2.21. The molecule has 1 aromatic carbocycles. The van der Waals surface area contributed by atoms with Crippen molar-refractivity contribution in [3.63, 3.8) is 0 Å². The van der Waals surface area contributed by atoms with Crippen molar-refractivity contribution < 1.29 is 19.6 Å². The highest BCUT2D eigenvalue weighted by molar-refractivity contribution is 5.74. The molecule has 1 unspecified atom stereocenters. The van der Waals surface area contributed by atoms with E-state index in [4.69, 9.17) is 4.74 Å². The average Bonchev–Trinajstić information content (AvgIpc) is 2.83. The van der Waals surface area contributed by atoms with Gasteiger partial charge in [-0.05, 0) is 39.8 Å². The third-order valence-corrected chi connectivity index (χ3v) is 4.08. The third-order valence-electron chi connectivity index (χ3n) is 4.08. The minimum Gasteiger partial charge on any atom is -0.491 e. The molecule has 0 spiro atoms. The molecule has 7 nitrogen and oxygen atoms in total. The Labute approximate surface area is 135 Å². The first-order valence-electron chi connectivity index (χ1n) is 7.61. The van der Waals surface area contributed by atoms with Crippen molar-refractivity contribution in [1.29, 1.82) is 0 Å². The lowest BCUT2D eigenvalue weighted by Crippen LogP contribution is -2.31. The predicted octanol–water partition coefficient (Wildman–Crippen LogP) is 2.68. The molecule has 1 atom stereocenters. The quantitative estimate of drug-likeness (QED) is 0.639. The molecule has 1 aliphatic rings. The molecule has 1 aromatic rings. The van der Waals surface area contributed by atoms with Crippen LogP contribution in [-0.2, 0) is 11.3 Å². The molecular weight excluding hydrogens is 300 g/mol. The molecule has 1 N–H and O–H groups in total. The first kappa shape index (κ1) is 17.2. The number of rotatable bonds is 6. The van der Waals surface area contributed by atoms with Crippen molar-refractivity contribution in [1.82, 2.24) is 4.90 Å². The monoisotopic (exact) mass is 322 g/mol. The van der Waals surface area contributed by atoms with E-state index in [9.17, 15) is 20.0 Å². The number of carboxylic acid groups (broad SMARTS) is 1. The second kappa shape index (κ2) is 6.54. The number of nitro benzene ring substituents is 1. The summed E-state index contributed by atoms with van der Waals surface area (Å²) in [6.45, 7) is 7.02. The second-order valence-corrected chi connectivity index (χ2v) is 6.54. The van der Waals surface area contributed by atoms with E-state index in [0.29, 0.717) is 37.4 Å². The highest BCUT2D eigenvalue weighted by atomic mass is 16.6. The molecule has 0 bridgehead atoms. The topological polar surface area (TPSA) is 92.9 Å². The first-order chi connectivity index (χ1) is 10.7. The molecule has 2 rings (SSSR count). The van der Waals surface area contributed by atoms with Gasteiger partial charge in [0.05, 0.1) is 16.4 Å². The zero-order valence-corrected chi connectivity index (χ0v) is 13.6. The number of nitro groups is 1. The average molecular weight is 322 g/mol. The molecule has 1 aliphatic heterocycles. The summed E-state index contributed by atoms with van der Waals surface area (Å²) in [5.74, 6) is -0.202. The normalized spacial score (nSPS) is 21.6. The number of likely N-dealkylation sites (tertiary alicyclic amines) is 1. The van der Waals surface area contributed by atoms with Gasteiger partial charge < -0.3 is 9.84 Å². The van der Waals surface area contributed by atoms with Crippen molar-refractivity contribution in [3.8, 4) is 5.75 Å². The lowest BCUT2D eigenvalue weighted by atomic mass is 9.90. The molecule has 0 aromatic heterocycles. The van der Waals surface area contributed by atoms with Crippen LogP contribution in [0.15, 0.2) is 18.2 Å². The van der Waals surface area contributed by atoms with Crippen LogP contribution < -0.4 is 4.74 Å². The Morgan fingerprint density at radius 2 is 2.22 bits per heavy atom. The summed E-state index contributed by atoms with van der Waals surface area (Å²) in [6.07, 6.45) is 0.524. The van der Waals surface area contributed by atoms with Crippen molar-refractivity contribution >= 4 is 11.7 Å². The van der Waals surface area contributed by atoms with Gasteiger partial charge in [-0.3, -0.25) is 19.8 Å². The maximum Gasteiger partial charge on any atom is 0.310 e. The zero-order valence-electron chi connectivity index (χ0n) is 13.6. The van der Waals surface area contributed by atoms with E-state index in [0.717, 1.165) is 0 Å². The summed E-state index contributed by atoms with van der Waals surface area (Å²) < 4.78 is 5.72. The molecular formula is C16H22N2O5. The molecule has 126 valence electrons. The summed E-state index contributed by atoms with van der Waals surface area (Å²) >= 11 is 0. The summed E-state index contributed by atoms with van der Waals surface area (Å²) in [5.41, 5.74) is -0.0430. The van der Waals surface area contributed by atoms with E-state index >= 15 is 0 Å². The van der Waals surface area contributed by atoms with Crippen LogP contribution in [-0.4, -0.2) is 40.1 Å². The van der Waals surface area contributed by atoms with Crippen LogP contribution in [0.3, 0.4) is 0 Å². The van der Waals surface area contributed by atoms with Crippen LogP contribution in [0, 0.1) is 15.5 Å². The summed E-state index contributed by atoms with van der Waals surface area (Å²) in [5, 5.41) is 20.3. The minimum absolute atomic E-state index is 0.0105. The van der Waals surface area contributed by atoms with Crippen LogP contribution in [0.5, 0.6) is 5.75 Å². The van der Waals surface area contributed by atoms with Gasteiger partial charge in [0.2, 0.25) is 0 Å². The number of nitrogens with zero attached hydrogens (tertiary/aromatic N) is 2. The first-order valence-corrected chi connectivity index (χ1v) is 7.61.